The van der Waals surface area contributed by atoms with Crippen molar-refractivity contribution in [3.05, 3.63) is 35.6 Å². The lowest BCUT2D eigenvalue weighted by molar-refractivity contribution is -0.140. The fourth-order valence-corrected chi connectivity index (χ4v) is 3.95. The van der Waals surface area contributed by atoms with Crippen LogP contribution in [-0.4, -0.2) is 47.3 Å². The standard InChI is InChI=1S/C19H25FN2O2/c1-14(23)21-10-7-16(8-11-21)19(24)22-9-3-6-18(22)13-15-4-2-5-17(20)12-15/h2,4-5,12,16,18H,3,6-11,13H2,1H3/t18-/m1/s1. The molecule has 2 heterocycles. The second-order valence-electron chi connectivity index (χ2n) is 6.94. The molecule has 0 aromatic heterocycles. The van der Waals surface area contributed by atoms with Gasteiger partial charge in [-0.25, -0.2) is 4.39 Å². The molecule has 0 radical (unpaired) electrons. The predicted octanol–water partition coefficient (Wildman–Crippen LogP) is 2.62. The first-order valence-electron chi connectivity index (χ1n) is 8.85. The molecule has 0 unspecified atom stereocenters. The molecule has 1 atom stereocenters. The van der Waals surface area contributed by atoms with Crippen molar-refractivity contribution in [2.45, 2.75) is 45.1 Å². The van der Waals surface area contributed by atoms with Gasteiger partial charge >= 0.3 is 0 Å². The molecule has 0 bridgehead atoms. The Balaban J connectivity index is 1.61. The highest BCUT2D eigenvalue weighted by molar-refractivity contribution is 5.80. The molecule has 0 aliphatic carbocycles. The third-order valence-corrected chi connectivity index (χ3v) is 5.31. The van der Waals surface area contributed by atoms with E-state index in [0.29, 0.717) is 13.1 Å². The normalized spacial score (nSPS) is 22.0. The highest BCUT2D eigenvalue weighted by Gasteiger charge is 2.35. The van der Waals surface area contributed by atoms with E-state index in [2.05, 4.69) is 0 Å². The van der Waals surface area contributed by atoms with E-state index in [0.717, 1.165) is 44.2 Å². The molecule has 2 amide bonds. The summed E-state index contributed by atoms with van der Waals surface area (Å²) in [5.41, 5.74) is 0.950. The maximum Gasteiger partial charge on any atom is 0.226 e. The fraction of sp³-hybridized carbons (Fsp3) is 0.579. The molecule has 1 aromatic carbocycles. The molecular weight excluding hydrogens is 307 g/mol. The number of carbonyl (C=O) groups is 2. The summed E-state index contributed by atoms with van der Waals surface area (Å²) in [5.74, 6) is 0.108. The Morgan fingerprint density at radius 1 is 1.17 bits per heavy atom. The van der Waals surface area contributed by atoms with Crippen LogP contribution in [0.3, 0.4) is 0 Å². The van der Waals surface area contributed by atoms with Crippen LogP contribution in [0.2, 0.25) is 0 Å². The van der Waals surface area contributed by atoms with E-state index >= 15 is 0 Å². The molecule has 2 saturated heterocycles. The first-order valence-corrected chi connectivity index (χ1v) is 8.85. The summed E-state index contributed by atoms with van der Waals surface area (Å²) in [6.45, 7) is 3.73. The lowest BCUT2D eigenvalue weighted by atomic mass is 9.94. The number of hydrogen-bond acceptors (Lipinski definition) is 2. The maximum atomic E-state index is 13.4. The molecule has 0 saturated carbocycles. The summed E-state index contributed by atoms with van der Waals surface area (Å²) in [6.07, 6.45) is 4.21. The molecule has 3 rings (SSSR count). The Kier molecular flexibility index (Phi) is 5.17. The quantitative estimate of drug-likeness (QED) is 0.854. The largest absolute Gasteiger partial charge is 0.343 e. The Morgan fingerprint density at radius 3 is 2.58 bits per heavy atom. The molecule has 1 aromatic rings. The van der Waals surface area contributed by atoms with Gasteiger partial charge in [-0.15, -0.1) is 0 Å². The van der Waals surface area contributed by atoms with Crippen LogP contribution in [0.5, 0.6) is 0 Å². The van der Waals surface area contributed by atoms with E-state index in [1.165, 1.54) is 6.07 Å². The van der Waals surface area contributed by atoms with Gasteiger partial charge < -0.3 is 9.80 Å². The number of carbonyl (C=O) groups excluding carboxylic acids is 2. The molecule has 5 heteroatoms. The van der Waals surface area contributed by atoms with E-state index in [1.54, 1.807) is 19.1 Å². The third kappa shape index (κ3) is 3.77. The van der Waals surface area contributed by atoms with Gasteiger partial charge in [0.25, 0.3) is 0 Å². The summed E-state index contributed by atoms with van der Waals surface area (Å²) >= 11 is 0. The van der Waals surface area contributed by atoms with Crippen LogP contribution in [0, 0.1) is 11.7 Å². The fourth-order valence-electron chi connectivity index (χ4n) is 3.95. The van der Waals surface area contributed by atoms with Crippen LogP contribution in [0.1, 0.15) is 38.2 Å². The number of rotatable bonds is 3. The zero-order valence-electron chi connectivity index (χ0n) is 14.2. The van der Waals surface area contributed by atoms with Crippen LogP contribution in [-0.2, 0) is 16.0 Å². The average molecular weight is 332 g/mol. The molecule has 0 N–H and O–H groups in total. The molecule has 130 valence electrons. The molecule has 2 aliphatic heterocycles. The third-order valence-electron chi connectivity index (χ3n) is 5.31. The molecule has 2 aliphatic rings. The summed E-state index contributed by atoms with van der Waals surface area (Å²) in [4.78, 5) is 28.1. The van der Waals surface area contributed by atoms with Crippen LogP contribution in [0.25, 0.3) is 0 Å². The van der Waals surface area contributed by atoms with Crippen molar-refractivity contribution in [3.8, 4) is 0 Å². The van der Waals surface area contributed by atoms with Crippen LogP contribution >= 0.6 is 0 Å². The van der Waals surface area contributed by atoms with Gasteiger partial charge in [-0.2, -0.15) is 0 Å². The van der Waals surface area contributed by atoms with Crippen molar-refractivity contribution in [1.82, 2.24) is 9.80 Å². The molecule has 2 fully saturated rings. The minimum absolute atomic E-state index is 0.0220. The molecule has 4 nitrogen and oxygen atoms in total. The molecule has 24 heavy (non-hydrogen) atoms. The summed E-state index contributed by atoms with van der Waals surface area (Å²) in [5, 5.41) is 0. The van der Waals surface area contributed by atoms with Crippen LogP contribution in [0.15, 0.2) is 24.3 Å². The number of hydrogen-bond donors (Lipinski definition) is 0. The van der Waals surface area contributed by atoms with E-state index in [9.17, 15) is 14.0 Å². The number of nitrogens with zero attached hydrogens (tertiary/aromatic N) is 2. The number of benzene rings is 1. The zero-order chi connectivity index (χ0) is 17.1. The predicted molar refractivity (Wildman–Crippen MR) is 89.8 cm³/mol. The van der Waals surface area contributed by atoms with Crippen molar-refractivity contribution in [1.29, 1.82) is 0 Å². The first-order chi connectivity index (χ1) is 11.5. The van der Waals surface area contributed by atoms with E-state index < -0.39 is 0 Å². The summed E-state index contributed by atoms with van der Waals surface area (Å²) in [6, 6.07) is 6.83. The van der Waals surface area contributed by atoms with Gasteiger partial charge in [0.15, 0.2) is 0 Å². The van der Waals surface area contributed by atoms with Crippen molar-refractivity contribution < 1.29 is 14.0 Å². The van der Waals surface area contributed by atoms with Crippen molar-refractivity contribution in [3.63, 3.8) is 0 Å². The number of halogens is 1. The van der Waals surface area contributed by atoms with E-state index in [1.807, 2.05) is 15.9 Å². The van der Waals surface area contributed by atoms with Crippen molar-refractivity contribution in [2.24, 2.45) is 5.92 Å². The van der Waals surface area contributed by atoms with E-state index in [4.69, 9.17) is 0 Å². The Bertz CT molecular complexity index is 611. The minimum atomic E-state index is -0.222. The van der Waals surface area contributed by atoms with Gasteiger partial charge in [0.2, 0.25) is 11.8 Å². The Morgan fingerprint density at radius 2 is 1.92 bits per heavy atom. The van der Waals surface area contributed by atoms with Crippen molar-refractivity contribution >= 4 is 11.8 Å². The topological polar surface area (TPSA) is 40.6 Å². The second kappa shape index (κ2) is 7.32. The average Bonchev–Trinajstić information content (AvgIpc) is 3.02. The SMILES string of the molecule is CC(=O)N1CCC(C(=O)N2CCC[C@@H]2Cc2cccc(F)c2)CC1. The first kappa shape index (κ1) is 16.9. The van der Waals surface area contributed by atoms with Gasteiger partial charge in [0.05, 0.1) is 0 Å². The summed E-state index contributed by atoms with van der Waals surface area (Å²) < 4.78 is 13.4. The van der Waals surface area contributed by atoms with Gasteiger partial charge in [-0.1, -0.05) is 12.1 Å². The minimum Gasteiger partial charge on any atom is -0.343 e. The number of amides is 2. The summed E-state index contributed by atoms with van der Waals surface area (Å²) in [7, 11) is 0. The van der Waals surface area contributed by atoms with Gasteiger partial charge in [-0.3, -0.25) is 9.59 Å². The Labute approximate surface area is 142 Å². The van der Waals surface area contributed by atoms with Crippen LogP contribution < -0.4 is 0 Å². The maximum absolute atomic E-state index is 13.4. The smallest absolute Gasteiger partial charge is 0.226 e. The van der Waals surface area contributed by atoms with Crippen LogP contribution in [0.4, 0.5) is 4.39 Å². The molecule has 0 spiro atoms. The van der Waals surface area contributed by atoms with Gasteiger partial charge in [0.1, 0.15) is 5.82 Å². The highest BCUT2D eigenvalue weighted by Crippen LogP contribution is 2.27. The van der Waals surface area contributed by atoms with Gasteiger partial charge in [0, 0.05) is 38.5 Å². The van der Waals surface area contributed by atoms with Gasteiger partial charge in [-0.05, 0) is 49.8 Å². The molecular formula is C19H25FN2O2. The van der Waals surface area contributed by atoms with E-state index in [-0.39, 0.29) is 29.6 Å². The van der Waals surface area contributed by atoms with Crippen molar-refractivity contribution in [2.75, 3.05) is 19.6 Å². The second-order valence-corrected chi connectivity index (χ2v) is 6.94. The number of piperidine rings is 1. The zero-order valence-corrected chi connectivity index (χ0v) is 14.2. The lowest BCUT2D eigenvalue weighted by Crippen LogP contribution is -2.45. The number of likely N-dealkylation sites (tertiary alicyclic amines) is 2. The lowest BCUT2D eigenvalue weighted by Gasteiger charge is -2.34. The highest BCUT2D eigenvalue weighted by atomic mass is 19.1. The monoisotopic (exact) mass is 332 g/mol. The Hall–Kier alpha value is -1.91.